The highest BCUT2D eigenvalue weighted by Gasteiger charge is 2.24. The molecular formula is C22H29N3O4. The fourth-order valence-electron chi connectivity index (χ4n) is 3.47. The van der Waals surface area contributed by atoms with Gasteiger partial charge in [-0.25, -0.2) is 0 Å². The van der Waals surface area contributed by atoms with Crippen LogP contribution in [0.2, 0.25) is 0 Å². The van der Waals surface area contributed by atoms with Gasteiger partial charge >= 0.3 is 0 Å². The van der Waals surface area contributed by atoms with Gasteiger partial charge in [-0.1, -0.05) is 13.8 Å². The summed E-state index contributed by atoms with van der Waals surface area (Å²) in [6.07, 6.45) is 4.49. The van der Waals surface area contributed by atoms with Gasteiger partial charge in [0.1, 0.15) is 11.8 Å². The maximum atomic E-state index is 13.1. The lowest BCUT2D eigenvalue weighted by atomic mass is 10.0. The van der Waals surface area contributed by atoms with E-state index in [2.05, 4.69) is 19.2 Å². The highest BCUT2D eigenvalue weighted by molar-refractivity contribution is 5.99. The summed E-state index contributed by atoms with van der Waals surface area (Å²) in [5.41, 5.74) is 1.02. The zero-order valence-electron chi connectivity index (χ0n) is 17.3. The van der Waals surface area contributed by atoms with E-state index >= 15 is 0 Å². The van der Waals surface area contributed by atoms with Crippen LogP contribution in [0.1, 0.15) is 36.7 Å². The molecule has 1 aliphatic heterocycles. The van der Waals surface area contributed by atoms with Crippen molar-refractivity contribution in [2.45, 2.75) is 26.3 Å². The van der Waals surface area contributed by atoms with E-state index in [0.29, 0.717) is 55.6 Å². The molecule has 1 aliphatic rings. The predicted octanol–water partition coefficient (Wildman–Crippen LogP) is 3.20. The van der Waals surface area contributed by atoms with E-state index in [-0.39, 0.29) is 17.9 Å². The summed E-state index contributed by atoms with van der Waals surface area (Å²) in [4.78, 5) is 27.7. The summed E-state index contributed by atoms with van der Waals surface area (Å²) in [7, 11) is 1.55. The maximum absolute atomic E-state index is 13.1. The molecule has 2 amide bonds. The molecule has 2 heterocycles. The van der Waals surface area contributed by atoms with Gasteiger partial charge < -0.3 is 24.3 Å². The topological polar surface area (TPSA) is 72.8 Å². The highest BCUT2D eigenvalue weighted by atomic mass is 16.5. The number of benzene rings is 1. The number of nitrogens with zero attached hydrogens (tertiary/aromatic N) is 2. The number of hydrogen-bond acceptors (Lipinski definition) is 4. The highest BCUT2D eigenvalue weighted by Crippen LogP contribution is 2.28. The number of methoxy groups -OCH3 is 1. The molecule has 0 aliphatic carbocycles. The number of rotatable bonds is 7. The van der Waals surface area contributed by atoms with E-state index in [0.717, 1.165) is 0 Å². The van der Waals surface area contributed by atoms with Crippen LogP contribution in [0.4, 0.5) is 5.69 Å². The van der Waals surface area contributed by atoms with E-state index in [4.69, 9.17) is 9.47 Å². The van der Waals surface area contributed by atoms with Gasteiger partial charge in [0.05, 0.1) is 26.0 Å². The second-order valence-electron chi connectivity index (χ2n) is 7.58. The van der Waals surface area contributed by atoms with Gasteiger partial charge in [-0.3, -0.25) is 9.59 Å². The Bertz CT molecular complexity index is 827. The second kappa shape index (κ2) is 9.60. The zero-order valence-corrected chi connectivity index (χ0v) is 17.3. The summed E-state index contributed by atoms with van der Waals surface area (Å²) >= 11 is 0. The van der Waals surface area contributed by atoms with E-state index in [9.17, 15) is 9.59 Å². The largest absolute Gasteiger partial charge is 0.495 e. The fraction of sp³-hybridized carbons (Fsp3) is 0.455. The lowest BCUT2D eigenvalue weighted by Gasteiger charge is -2.27. The normalized spacial score (nSPS) is 15.2. The molecular weight excluding hydrogens is 370 g/mol. The Morgan fingerprint density at radius 2 is 1.86 bits per heavy atom. The number of nitrogens with one attached hydrogen (secondary N) is 1. The second-order valence-corrected chi connectivity index (χ2v) is 7.58. The average molecular weight is 399 g/mol. The van der Waals surface area contributed by atoms with Gasteiger partial charge in [-0.05, 0) is 42.7 Å². The molecule has 1 fully saturated rings. The monoisotopic (exact) mass is 399 g/mol. The van der Waals surface area contributed by atoms with Crippen molar-refractivity contribution >= 4 is 17.5 Å². The number of anilines is 1. The van der Waals surface area contributed by atoms with Crippen LogP contribution in [0.15, 0.2) is 42.7 Å². The molecule has 1 aromatic heterocycles. The Kier molecular flexibility index (Phi) is 6.93. The summed E-state index contributed by atoms with van der Waals surface area (Å²) in [6.45, 7) is 6.39. The van der Waals surface area contributed by atoms with E-state index in [1.54, 1.807) is 30.2 Å². The van der Waals surface area contributed by atoms with Gasteiger partial charge in [0.25, 0.3) is 5.91 Å². The number of morpholine rings is 1. The van der Waals surface area contributed by atoms with Crippen molar-refractivity contribution < 1.29 is 19.1 Å². The van der Waals surface area contributed by atoms with Crippen LogP contribution >= 0.6 is 0 Å². The van der Waals surface area contributed by atoms with Crippen molar-refractivity contribution in [3.63, 3.8) is 0 Å². The van der Waals surface area contributed by atoms with Gasteiger partial charge in [-0.2, -0.15) is 0 Å². The molecule has 0 unspecified atom stereocenters. The minimum absolute atomic E-state index is 0.0735. The first-order valence-electron chi connectivity index (χ1n) is 9.98. The molecule has 7 heteroatoms. The maximum Gasteiger partial charge on any atom is 0.254 e. The zero-order chi connectivity index (χ0) is 20.8. The third-order valence-electron chi connectivity index (χ3n) is 4.99. The molecule has 156 valence electrons. The Balaban J connectivity index is 1.82. The van der Waals surface area contributed by atoms with Crippen molar-refractivity contribution in [1.29, 1.82) is 0 Å². The SMILES string of the molecule is COc1ccc(C(=O)N2CCOCC2)cc1NC(=O)[C@H](CC(C)C)n1cccc1. The molecule has 3 rings (SSSR count). The molecule has 1 N–H and O–H groups in total. The van der Waals surface area contributed by atoms with Crippen LogP contribution in [0.3, 0.4) is 0 Å². The molecule has 29 heavy (non-hydrogen) atoms. The third kappa shape index (κ3) is 5.17. The van der Waals surface area contributed by atoms with Crippen LogP contribution < -0.4 is 10.1 Å². The smallest absolute Gasteiger partial charge is 0.254 e. The minimum atomic E-state index is -0.340. The lowest BCUT2D eigenvalue weighted by molar-refractivity contribution is -0.119. The summed E-state index contributed by atoms with van der Waals surface area (Å²) in [5.74, 6) is 0.664. The molecule has 0 spiro atoms. The van der Waals surface area contributed by atoms with Crippen molar-refractivity contribution in [2.24, 2.45) is 5.92 Å². The van der Waals surface area contributed by atoms with E-state index in [1.165, 1.54) is 0 Å². The third-order valence-corrected chi connectivity index (χ3v) is 4.99. The Labute approximate surface area is 171 Å². The molecule has 0 bridgehead atoms. The standard InChI is InChI=1S/C22H29N3O4/c1-16(2)14-19(24-8-4-5-9-24)21(26)23-18-15-17(6-7-20(18)28-3)22(27)25-10-12-29-13-11-25/h4-9,15-16,19H,10-14H2,1-3H3,(H,23,26)/t19-/m0/s1. The van der Waals surface area contributed by atoms with Crippen LogP contribution in [-0.4, -0.2) is 54.7 Å². The van der Waals surface area contributed by atoms with Crippen LogP contribution in [0, 0.1) is 5.92 Å². The minimum Gasteiger partial charge on any atom is -0.495 e. The Morgan fingerprint density at radius 3 is 2.48 bits per heavy atom. The lowest BCUT2D eigenvalue weighted by Crippen LogP contribution is -2.40. The van der Waals surface area contributed by atoms with E-state index < -0.39 is 0 Å². The molecule has 1 saturated heterocycles. The molecule has 0 saturated carbocycles. The van der Waals surface area contributed by atoms with Gasteiger partial charge in [0, 0.05) is 31.0 Å². The summed E-state index contributed by atoms with van der Waals surface area (Å²) < 4.78 is 12.6. The Morgan fingerprint density at radius 1 is 1.17 bits per heavy atom. The predicted molar refractivity (Wildman–Crippen MR) is 111 cm³/mol. The molecule has 1 atom stereocenters. The first kappa shape index (κ1) is 20.9. The van der Waals surface area contributed by atoms with Gasteiger partial charge in [0.2, 0.25) is 5.91 Å². The average Bonchev–Trinajstić information content (AvgIpc) is 3.26. The van der Waals surface area contributed by atoms with Crippen molar-refractivity contribution in [3.8, 4) is 5.75 Å². The number of aromatic nitrogens is 1. The number of carbonyl (C=O) groups is 2. The van der Waals surface area contributed by atoms with Crippen LogP contribution in [-0.2, 0) is 9.53 Å². The van der Waals surface area contributed by atoms with Gasteiger partial charge in [-0.15, -0.1) is 0 Å². The van der Waals surface area contributed by atoms with Crippen molar-refractivity contribution in [3.05, 3.63) is 48.3 Å². The first-order valence-corrected chi connectivity index (χ1v) is 9.98. The number of ether oxygens (including phenoxy) is 2. The van der Waals surface area contributed by atoms with Crippen molar-refractivity contribution in [2.75, 3.05) is 38.7 Å². The van der Waals surface area contributed by atoms with Crippen LogP contribution in [0.5, 0.6) is 5.75 Å². The fourth-order valence-corrected chi connectivity index (χ4v) is 3.47. The first-order chi connectivity index (χ1) is 14.0. The van der Waals surface area contributed by atoms with E-state index in [1.807, 2.05) is 29.1 Å². The molecule has 7 nitrogen and oxygen atoms in total. The molecule has 2 aromatic rings. The number of carbonyl (C=O) groups excluding carboxylic acids is 2. The summed E-state index contributed by atoms with van der Waals surface area (Å²) in [5, 5.41) is 2.97. The van der Waals surface area contributed by atoms with Gasteiger partial charge in [0.15, 0.2) is 0 Å². The number of amides is 2. The molecule has 1 aromatic carbocycles. The molecule has 0 radical (unpaired) electrons. The summed E-state index contributed by atoms with van der Waals surface area (Å²) in [6, 6.07) is 8.61. The number of hydrogen-bond donors (Lipinski definition) is 1. The Hall–Kier alpha value is -2.80. The quantitative estimate of drug-likeness (QED) is 0.776. The van der Waals surface area contributed by atoms with Crippen molar-refractivity contribution in [1.82, 2.24) is 9.47 Å². The van der Waals surface area contributed by atoms with Crippen LogP contribution in [0.25, 0.3) is 0 Å².